The summed E-state index contributed by atoms with van der Waals surface area (Å²) in [6, 6.07) is 15.8. The van der Waals surface area contributed by atoms with Crippen molar-refractivity contribution < 1.29 is 18.7 Å². The van der Waals surface area contributed by atoms with Crippen LogP contribution in [0.4, 0.5) is 4.39 Å². The van der Waals surface area contributed by atoms with Gasteiger partial charge in [0, 0.05) is 31.9 Å². The highest BCUT2D eigenvalue weighted by Gasteiger charge is 2.18. The highest BCUT2D eigenvalue weighted by Crippen LogP contribution is 2.33. The zero-order valence-corrected chi connectivity index (χ0v) is 15.9. The SMILES string of the molecule is O=C(CCc1ccncc1)N(Cc1cccc(F)c1)Cc1ccc2c(c1)OCO2. The maximum Gasteiger partial charge on any atom is 0.231 e. The van der Waals surface area contributed by atoms with E-state index in [1.807, 2.05) is 36.4 Å². The Labute approximate surface area is 168 Å². The van der Waals surface area contributed by atoms with Crippen LogP contribution in [-0.4, -0.2) is 22.6 Å². The summed E-state index contributed by atoms with van der Waals surface area (Å²) in [6.45, 7) is 0.945. The topological polar surface area (TPSA) is 51.7 Å². The summed E-state index contributed by atoms with van der Waals surface area (Å²) in [5, 5.41) is 0. The number of benzene rings is 2. The second-order valence-corrected chi connectivity index (χ2v) is 6.92. The number of aryl methyl sites for hydroxylation is 1. The first-order valence-corrected chi connectivity index (χ1v) is 9.47. The van der Waals surface area contributed by atoms with Crippen molar-refractivity contribution in [1.82, 2.24) is 9.88 Å². The number of carbonyl (C=O) groups excluding carboxylic acids is 1. The van der Waals surface area contributed by atoms with Gasteiger partial charge in [0.25, 0.3) is 0 Å². The van der Waals surface area contributed by atoms with Crippen LogP contribution in [0.3, 0.4) is 0 Å². The molecular weight excluding hydrogens is 371 g/mol. The summed E-state index contributed by atoms with van der Waals surface area (Å²) in [6.07, 6.45) is 4.43. The van der Waals surface area contributed by atoms with Gasteiger partial charge in [0.05, 0.1) is 0 Å². The van der Waals surface area contributed by atoms with Crippen molar-refractivity contribution in [1.29, 1.82) is 0 Å². The molecule has 0 N–H and O–H groups in total. The summed E-state index contributed by atoms with van der Waals surface area (Å²) in [5.41, 5.74) is 2.74. The number of nitrogens with zero attached hydrogens (tertiary/aromatic N) is 2. The molecule has 0 atom stereocenters. The fourth-order valence-corrected chi connectivity index (χ4v) is 3.31. The molecule has 148 valence electrons. The van der Waals surface area contributed by atoms with E-state index in [0.717, 1.165) is 16.7 Å². The zero-order chi connectivity index (χ0) is 20.1. The van der Waals surface area contributed by atoms with Crippen LogP contribution in [0.2, 0.25) is 0 Å². The lowest BCUT2D eigenvalue weighted by Gasteiger charge is -2.23. The molecule has 5 nitrogen and oxygen atoms in total. The van der Waals surface area contributed by atoms with E-state index in [1.54, 1.807) is 23.4 Å². The minimum absolute atomic E-state index is 0.00346. The number of fused-ring (bicyclic) bond motifs is 1. The Morgan fingerprint density at radius 1 is 0.931 bits per heavy atom. The summed E-state index contributed by atoms with van der Waals surface area (Å²) < 4.78 is 24.4. The maximum absolute atomic E-state index is 13.6. The van der Waals surface area contributed by atoms with Crippen LogP contribution in [-0.2, 0) is 24.3 Å². The largest absolute Gasteiger partial charge is 0.454 e. The normalized spacial score (nSPS) is 12.0. The molecule has 0 bridgehead atoms. The molecule has 1 aliphatic heterocycles. The monoisotopic (exact) mass is 392 g/mol. The second-order valence-electron chi connectivity index (χ2n) is 6.92. The molecule has 0 unspecified atom stereocenters. The summed E-state index contributed by atoms with van der Waals surface area (Å²) in [4.78, 5) is 18.8. The summed E-state index contributed by atoms with van der Waals surface area (Å²) >= 11 is 0. The smallest absolute Gasteiger partial charge is 0.231 e. The highest BCUT2D eigenvalue weighted by atomic mass is 19.1. The van der Waals surface area contributed by atoms with Crippen LogP contribution >= 0.6 is 0 Å². The molecule has 3 aromatic rings. The molecular formula is C23H21FN2O3. The van der Waals surface area contributed by atoms with Gasteiger partial charge in [0.15, 0.2) is 11.5 Å². The fraction of sp³-hybridized carbons (Fsp3) is 0.217. The number of pyridine rings is 1. The van der Waals surface area contributed by atoms with Gasteiger partial charge in [-0.15, -0.1) is 0 Å². The molecule has 0 saturated carbocycles. The van der Waals surface area contributed by atoms with E-state index in [4.69, 9.17) is 9.47 Å². The average molecular weight is 392 g/mol. The van der Waals surface area contributed by atoms with E-state index >= 15 is 0 Å². The molecule has 0 saturated heterocycles. The third kappa shape index (κ3) is 4.90. The Balaban J connectivity index is 1.50. The van der Waals surface area contributed by atoms with Crippen LogP contribution in [0.25, 0.3) is 0 Å². The Hall–Kier alpha value is -3.41. The lowest BCUT2D eigenvalue weighted by molar-refractivity contribution is -0.132. The quantitative estimate of drug-likeness (QED) is 0.607. The van der Waals surface area contributed by atoms with Crippen molar-refractivity contribution in [2.75, 3.05) is 6.79 Å². The summed E-state index contributed by atoms with van der Waals surface area (Å²) in [7, 11) is 0. The van der Waals surface area contributed by atoms with Crippen molar-refractivity contribution >= 4 is 5.91 Å². The van der Waals surface area contributed by atoms with Gasteiger partial charge in [-0.25, -0.2) is 4.39 Å². The number of aromatic nitrogens is 1. The second kappa shape index (κ2) is 8.73. The van der Waals surface area contributed by atoms with E-state index in [-0.39, 0.29) is 18.5 Å². The Morgan fingerprint density at radius 3 is 2.48 bits per heavy atom. The first-order valence-electron chi connectivity index (χ1n) is 9.47. The molecule has 6 heteroatoms. The van der Waals surface area contributed by atoms with Crippen molar-refractivity contribution in [2.45, 2.75) is 25.9 Å². The molecule has 0 spiro atoms. The number of amides is 1. The van der Waals surface area contributed by atoms with Crippen molar-refractivity contribution in [3.63, 3.8) is 0 Å². The van der Waals surface area contributed by atoms with Gasteiger partial charge in [0.2, 0.25) is 12.7 Å². The Kier molecular flexibility index (Phi) is 5.70. The highest BCUT2D eigenvalue weighted by molar-refractivity contribution is 5.76. The zero-order valence-electron chi connectivity index (χ0n) is 15.9. The Morgan fingerprint density at radius 2 is 1.69 bits per heavy atom. The molecule has 1 aromatic heterocycles. The predicted molar refractivity (Wildman–Crippen MR) is 106 cm³/mol. The molecule has 1 amide bonds. The Bertz CT molecular complexity index is 994. The van der Waals surface area contributed by atoms with Gasteiger partial charge >= 0.3 is 0 Å². The standard InChI is InChI=1S/C23H21FN2O3/c24-20-3-1-2-18(12-20)14-26(23(27)7-5-17-8-10-25-11-9-17)15-19-4-6-21-22(13-19)29-16-28-21/h1-4,6,8-13H,5,7,14-16H2. The first-order chi connectivity index (χ1) is 14.2. The van der Waals surface area contributed by atoms with E-state index in [1.165, 1.54) is 12.1 Å². The van der Waals surface area contributed by atoms with Crippen LogP contribution in [0.5, 0.6) is 11.5 Å². The number of halogens is 1. The lowest BCUT2D eigenvalue weighted by Crippen LogP contribution is -2.30. The van der Waals surface area contributed by atoms with Gasteiger partial charge in [-0.2, -0.15) is 0 Å². The fourth-order valence-electron chi connectivity index (χ4n) is 3.31. The van der Waals surface area contributed by atoms with Gasteiger partial charge in [-0.3, -0.25) is 9.78 Å². The molecule has 29 heavy (non-hydrogen) atoms. The van der Waals surface area contributed by atoms with E-state index in [9.17, 15) is 9.18 Å². The van der Waals surface area contributed by atoms with Crippen molar-refractivity contribution in [2.24, 2.45) is 0 Å². The van der Waals surface area contributed by atoms with Gasteiger partial charge in [0.1, 0.15) is 5.82 Å². The van der Waals surface area contributed by atoms with Gasteiger partial charge < -0.3 is 14.4 Å². The summed E-state index contributed by atoms with van der Waals surface area (Å²) in [5.74, 6) is 1.07. The molecule has 0 fully saturated rings. The van der Waals surface area contributed by atoms with Crippen molar-refractivity contribution in [3.8, 4) is 11.5 Å². The lowest BCUT2D eigenvalue weighted by atomic mass is 10.1. The minimum atomic E-state index is -0.310. The molecule has 2 heterocycles. The van der Waals surface area contributed by atoms with Crippen LogP contribution < -0.4 is 9.47 Å². The molecule has 4 rings (SSSR count). The third-order valence-corrected chi connectivity index (χ3v) is 4.80. The number of rotatable bonds is 7. The van der Waals surface area contributed by atoms with Crippen LogP contribution in [0.1, 0.15) is 23.1 Å². The first kappa shape index (κ1) is 18.9. The van der Waals surface area contributed by atoms with Crippen LogP contribution in [0, 0.1) is 5.82 Å². The number of hydrogen-bond acceptors (Lipinski definition) is 4. The van der Waals surface area contributed by atoms with Gasteiger partial charge in [-0.05, 0) is 59.5 Å². The predicted octanol–water partition coefficient (Wildman–Crippen LogP) is 4.11. The van der Waals surface area contributed by atoms with Crippen LogP contribution in [0.15, 0.2) is 67.0 Å². The molecule has 1 aliphatic rings. The van der Waals surface area contributed by atoms with Gasteiger partial charge in [-0.1, -0.05) is 18.2 Å². The number of ether oxygens (including phenoxy) is 2. The molecule has 0 radical (unpaired) electrons. The van der Waals surface area contributed by atoms with E-state index < -0.39 is 0 Å². The van der Waals surface area contributed by atoms with E-state index in [2.05, 4.69) is 4.98 Å². The van der Waals surface area contributed by atoms with E-state index in [0.29, 0.717) is 37.4 Å². The maximum atomic E-state index is 13.6. The molecule has 0 aliphatic carbocycles. The average Bonchev–Trinajstić information content (AvgIpc) is 3.20. The minimum Gasteiger partial charge on any atom is -0.454 e. The number of hydrogen-bond donors (Lipinski definition) is 0. The third-order valence-electron chi connectivity index (χ3n) is 4.80. The number of carbonyl (C=O) groups is 1. The van der Waals surface area contributed by atoms with Crippen molar-refractivity contribution in [3.05, 3.63) is 89.5 Å². The molecule has 2 aromatic carbocycles.